The van der Waals surface area contributed by atoms with Crippen LogP contribution in [0.5, 0.6) is 0 Å². The van der Waals surface area contributed by atoms with Gasteiger partial charge in [0.25, 0.3) is 0 Å². The molecular formula is C20H38IN5O. The van der Waals surface area contributed by atoms with E-state index in [1.165, 1.54) is 44.3 Å². The summed E-state index contributed by atoms with van der Waals surface area (Å²) < 4.78 is 5.23. The predicted octanol–water partition coefficient (Wildman–Crippen LogP) is 3.52. The number of hydrogen-bond donors (Lipinski definition) is 2. The van der Waals surface area contributed by atoms with Crippen LogP contribution in [-0.4, -0.2) is 55.3 Å². The molecular weight excluding hydrogens is 453 g/mol. The third-order valence-electron chi connectivity index (χ3n) is 5.43. The van der Waals surface area contributed by atoms with Gasteiger partial charge in [0.1, 0.15) is 5.76 Å². The van der Waals surface area contributed by atoms with E-state index in [1.807, 2.05) is 20.9 Å². The normalized spacial score (nSPS) is 17.3. The van der Waals surface area contributed by atoms with Crippen molar-refractivity contribution < 1.29 is 4.52 Å². The molecule has 1 unspecified atom stereocenters. The summed E-state index contributed by atoms with van der Waals surface area (Å²) in [5.41, 5.74) is 2.17. The zero-order chi connectivity index (χ0) is 18.9. The van der Waals surface area contributed by atoms with Crippen LogP contribution in [0, 0.1) is 19.8 Å². The molecule has 0 aliphatic carbocycles. The molecule has 1 aromatic rings. The van der Waals surface area contributed by atoms with Crippen molar-refractivity contribution in [3.05, 3.63) is 17.0 Å². The average molecular weight is 491 g/mol. The van der Waals surface area contributed by atoms with E-state index >= 15 is 0 Å². The van der Waals surface area contributed by atoms with Crippen LogP contribution in [0.1, 0.15) is 56.5 Å². The molecule has 2 rings (SSSR count). The third kappa shape index (κ3) is 7.60. The number of aromatic nitrogens is 1. The Labute approximate surface area is 181 Å². The first-order chi connectivity index (χ1) is 12.5. The van der Waals surface area contributed by atoms with Crippen LogP contribution in [-0.2, 0) is 6.42 Å². The van der Waals surface area contributed by atoms with Crippen LogP contribution in [0.4, 0.5) is 0 Å². The molecule has 156 valence electrons. The van der Waals surface area contributed by atoms with Gasteiger partial charge >= 0.3 is 0 Å². The van der Waals surface area contributed by atoms with Crippen molar-refractivity contribution in [2.24, 2.45) is 10.9 Å². The highest BCUT2D eigenvalue weighted by Gasteiger charge is 2.22. The summed E-state index contributed by atoms with van der Waals surface area (Å²) in [7, 11) is 1.83. The summed E-state index contributed by atoms with van der Waals surface area (Å²) in [5.74, 6) is 2.41. The summed E-state index contributed by atoms with van der Waals surface area (Å²) in [4.78, 5) is 7.05. The number of nitrogens with one attached hydrogen (secondary N) is 2. The first kappa shape index (κ1) is 24.2. The fraction of sp³-hybridized carbons (Fsp3) is 0.800. The van der Waals surface area contributed by atoms with Crippen molar-refractivity contribution in [2.75, 3.05) is 33.2 Å². The van der Waals surface area contributed by atoms with Gasteiger partial charge < -0.3 is 15.2 Å². The van der Waals surface area contributed by atoms with E-state index in [1.54, 1.807) is 0 Å². The minimum Gasteiger partial charge on any atom is -0.361 e. The van der Waals surface area contributed by atoms with Crippen molar-refractivity contribution in [3.8, 4) is 0 Å². The molecule has 7 heteroatoms. The summed E-state index contributed by atoms with van der Waals surface area (Å²) in [5, 5.41) is 11.0. The minimum absolute atomic E-state index is 0. The van der Waals surface area contributed by atoms with Crippen molar-refractivity contribution in [1.82, 2.24) is 20.7 Å². The zero-order valence-corrected chi connectivity index (χ0v) is 20.0. The number of halogens is 1. The molecule has 1 fully saturated rings. The number of hydrogen-bond acceptors (Lipinski definition) is 4. The Balaban J connectivity index is 0.00000364. The first-order valence-electron chi connectivity index (χ1n) is 10.1. The number of aliphatic imine (C=N–C) groups is 1. The lowest BCUT2D eigenvalue weighted by molar-refractivity contribution is 0.161. The number of likely N-dealkylation sites (tertiary alicyclic amines) is 1. The lowest BCUT2D eigenvalue weighted by Gasteiger charge is -2.34. The fourth-order valence-electron chi connectivity index (χ4n) is 3.80. The second kappa shape index (κ2) is 12.6. The highest BCUT2D eigenvalue weighted by Crippen LogP contribution is 2.17. The molecule has 2 N–H and O–H groups in total. The number of nitrogens with zero attached hydrogens (tertiary/aromatic N) is 3. The summed E-state index contributed by atoms with van der Waals surface area (Å²) in [6.45, 7) is 12.8. The van der Waals surface area contributed by atoms with E-state index in [2.05, 4.69) is 39.5 Å². The van der Waals surface area contributed by atoms with E-state index < -0.39 is 0 Å². The van der Waals surface area contributed by atoms with Crippen molar-refractivity contribution >= 4 is 29.9 Å². The molecule has 0 radical (unpaired) electrons. The van der Waals surface area contributed by atoms with Crippen molar-refractivity contribution in [2.45, 2.75) is 65.8 Å². The second-order valence-electron chi connectivity index (χ2n) is 7.69. The van der Waals surface area contributed by atoms with Gasteiger partial charge in [-0.3, -0.25) is 9.89 Å². The van der Waals surface area contributed by atoms with Gasteiger partial charge in [-0.15, -0.1) is 24.0 Å². The molecule has 1 aromatic heterocycles. The molecule has 6 nitrogen and oxygen atoms in total. The molecule has 2 heterocycles. The number of guanidine groups is 1. The quantitative estimate of drug-likeness (QED) is 0.347. The van der Waals surface area contributed by atoms with E-state index in [9.17, 15) is 0 Å². The van der Waals surface area contributed by atoms with Gasteiger partial charge in [-0.25, -0.2) is 0 Å². The molecule has 1 aliphatic rings. The molecule has 0 aromatic carbocycles. The Morgan fingerprint density at radius 1 is 1.15 bits per heavy atom. The monoisotopic (exact) mass is 491 g/mol. The molecule has 0 spiro atoms. The van der Waals surface area contributed by atoms with Crippen LogP contribution in [0.15, 0.2) is 9.52 Å². The molecule has 1 saturated heterocycles. The smallest absolute Gasteiger partial charge is 0.191 e. The number of aryl methyl sites for hydroxylation is 2. The maximum absolute atomic E-state index is 5.23. The molecule has 1 aliphatic heterocycles. The maximum atomic E-state index is 5.23. The Hall–Kier alpha value is -0.830. The van der Waals surface area contributed by atoms with Crippen molar-refractivity contribution in [1.29, 1.82) is 0 Å². The van der Waals surface area contributed by atoms with E-state index in [-0.39, 0.29) is 24.0 Å². The Morgan fingerprint density at radius 3 is 2.33 bits per heavy atom. The molecule has 0 bridgehead atoms. The second-order valence-corrected chi connectivity index (χ2v) is 7.69. The molecule has 27 heavy (non-hydrogen) atoms. The molecule has 0 saturated carbocycles. The van der Waals surface area contributed by atoms with E-state index in [0.717, 1.165) is 36.9 Å². The first-order valence-corrected chi connectivity index (χ1v) is 10.1. The van der Waals surface area contributed by atoms with E-state index in [4.69, 9.17) is 4.52 Å². The highest BCUT2D eigenvalue weighted by atomic mass is 127. The van der Waals surface area contributed by atoms with Gasteiger partial charge in [-0.1, -0.05) is 31.8 Å². The lowest BCUT2D eigenvalue weighted by Crippen LogP contribution is -2.50. The SMILES string of the molecule is CN=C(NCCc1c(C)noc1C)NCC(C(C)C)N1CCCCCC1.I. The fourth-order valence-corrected chi connectivity index (χ4v) is 3.80. The molecule has 1 atom stereocenters. The lowest BCUT2D eigenvalue weighted by atomic mass is 10.0. The van der Waals surface area contributed by atoms with Crippen LogP contribution >= 0.6 is 24.0 Å². The van der Waals surface area contributed by atoms with Crippen LogP contribution in [0.3, 0.4) is 0 Å². The average Bonchev–Trinajstić information content (AvgIpc) is 2.82. The van der Waals surface area contributed by atoms with Gasteiger partial charge in [0, 0.05) is 31.7 Å². The zero-order valence-electron chi connectivity index (χ0n) is 17.7. The summed E-state index contributed by atoms with van der Waals surface area (Å²) >= 11 is 0. The van der Waals surface area contributed by atoms with Gasteiger partial charge in [0.05, 0.1) is 5.69 Å². The van der Waals surface area contributed by atoms with Gasteiger partial charge in [-0.05, 0) is 52.1 Å². The Morgan fingerprint density at radius 2 is 1.81 bits per heavy atom. The van der Waals surface area contributed by atoms with E-state index in [0.29, 0.717) is 12.0 Å². The summed E-state index contributed by atoms with van der Waals surface area (Å²) in [6, 6.07) is 0.550. The Bertz CT molecular complexity index is 545. The predicted molar refractivity (Wildman–Crippen MR) is 123 cm³/mol. The van der Waals surface area contributed by atoms with Crippen molar-refractivity contribution in [3.63, 3.8) is 0 Å². The standard InChI is InChI=1S/C20H37N5O.HI/c1-15(2)19(25-12-8-6-7-9-13-25)14-23-20(21-5)22-11-10-18-16(3)24-26-17(18)4;/h15,19H,6-14H2,1-5H3,(H2,21,22,23);1H. The highest BCUT2D eigenvalue weighted by molar-refractivity contribution is 14.0. The maximum Gasteiger partial charge on any atom is 0.191 e. The van der Waals surface area contributed by atoms with Gasteiger partial charge in [-0.2, -0.15) is 0 Å². The summed E-state index contributed by atoms with van der Waals surface area (Å²) in [6.07, 6.45) is 6.29. The third-order valence-corrected chi connectivity index (χ3v) is 5.43. The van der Waals surface area contributed by atoms with Crippen LogP contribution in [0.2, 0.25) is 0 Å². The minimum atomic E-state index is 0. The largest absolute Gasteiger partial charge is 0.361 e. The van der Waals surface area contributed by atoms with Crippen LogP contribution in [0.25, 0.3) is 0 Å². The Kier molecular flexibility index (Phi) is 11.3. The van der Waals surface area contributed by atoms with Gasteiger partial charge in [0.2, 0.25) is 0 Å². The number of rotatable bonds is 7. The van der Waals surface area contributed by atoms with Gasteiger partial charge in [0.15, 0.2) is 5.96 Å². The topological polar surface area (TPSA) is 65.7 Å². The molecule has 0 amide bonds. The van der Waals surface area contributed by atoms with Crippen LogP contribution < -0.4 is 10.6 Å².